The number of carbonyl (C=O) groups is 3. The monoisotopic (exact) mass is 384 g/mol. The summed E-state index contributed by atoms with van der Waals surface area (Å²) >= 11 is 0. The van der Waals surface area contributed by atoms with Crippen molar-refractivity contribution in [2.24, 2.45) is 0 Å². The molecule has 0 spiro atoms. The topological polar surface area (TPSA) is 66.5 Å². The summed E-state index contributed by atoms with van der Waals surface area (Å²) in [5, 5.41) is 2.91. The predicted octanol–water partition coefficient (Wildman–Crippen LogP) is 4.66. The number of para-hydroxylation sites is 1. The highest BCUT2D eigenvalue weighted by Gasteiger charge is 2.37. The Balaban J connectivity index is 1.65. The summed E-state index contributed by atoms with van der Waals surface area (Å²) in [6.45, 7) is 5.78. The number of amides is 3. The van der Waals surface area contributed by atoms with Crippen LogP contribution in [0.4, 0.5) is 11.4 Å². The summed E-state index contributed by atoms with van der Waals surface area (Å²) in [5.41, 5.74) is 5.09. The van der Waals surface area contributed by atoms with Gasteiger partial charge in [0.15, 0.2) is 0 Å². The van der Waals surface area contributed by atoms with Gasteiger partial charge >= 0.3 is 0 Å². The first kappa shape index (κ1) is 18.6. The van der Waals surface area contributed by atoms with Gasteiger partial charge in [-0.2, -0.15) is 0 Å². The number of imide groups is 1. The Bertz CT molecular complexity index is 1140. The normalized spacial score (nSPS) is 12.9. The molecule has 5 nitrogen and oxygen atoms in total. The smallest absolute Gasteiger partial charge is 0.266 e. The van der Waals surface area contributed by atoms with Crippen LogP contribution in [0, 0.1) is 20.8 Å². The molecule has 1 N–H and O–H groups in total. The number of rotatable bonds is 3. The van der Waals surface area contributed by atoms with E-state index < -0.39 is 5.91 Å². The van der Waals surface area contributed by atoms with Crippen LogP contribution in [-0.2, 0) is 0 Å². The van der Waals surface area contributed by atoms with Gasteiger partial charge in [0.05, 0.1) is 16.8 Å². The number of carbonyl (C=O) groups excluding carboxylic acids is 3. The summed E-state index contributed by atoms with van der Waals surface area (Å²) in [6.07, 6.45) is 0. The lowest BCUT2D eigenvalue weighted by atomic mass is 10.0. The molecule has 0 radical (unpaired) electrons. The highest BCUT2D eigenvalue weighted by molar-refractivity contribution is 6.34. The van der Waals surface area contributed by atoms with E-state index in [1.54, 1.807) is 24.3 Å². The number of fused-ring (bicyclic) bond motifs is 1. The van der Waals surface area contributed by atoms with Crippen LogP contribution >= 0.6 is 0 Å². The Morgan fingerprint density at radius 2 is 1.41 bits per heavy atom. The molecule has 0 fully saturated rings. The van der Waals surface area contributed by atoms with Gasteiger partial charge < -0.3 is 5.32 Å². The van der Waals surface area contributed by atoms with E-state index in [0.717, 1.165) is 27.3 Å². The highest BCUT2D eigenvalue weighted by Crippen LogP contribution is 2.29. The Labute approximate surface area is 169 Å². The molecule has 1 aliphatic rings. The fourth-order valence-electron chi connectivity index (χ4n) is 3.51. The molecule has 0 aromatic heterocycles. The van der Waals surface area contributed by atoms with Gasteiger partial charge in [-0.05, 0) is 62.2 Å². The molecule has 1 aliphatic heterocycles. The molecule has 1 heterocycles. The van der Waals surface area contributed by atoms with Gasteiger partial charge in [0.1, 0.15) is 0 Å². The van der Waals surface area contributed by atoms with Gasteiger partial charge in [-0.25, -0.2) is 4.90 Å². The summed E-state index contributed by atoms with van der Waals surface area (Å²) in [4.78, 5) is 39.6. The predicted molar refractivity (Wildman–Crippen MR) is 113 cm³/mol. The van der Waals surface area contributed by atoms with Crippen LogP contribution in [0.3, 0.4) is 0 Å². The van der Waals surface area contributed by atoms with Crippen molar-refractivity contribution in [2.45, 2.75) is 20.8 Å². The molecule has 3 aromatic carbocycles. The fourth-order valence-corrected chi connectivity index (χ4v) is 3.51. The second kappa shape index (κ2) is 7.02. The fraction of sp³-hybridized carbons (Fsp3) is 0.125. The van der Waals surface area contributed by atoms with Crippen molar-refractivity contribution in [3.8, 4) is 0 Å². The largest absolute Gasteiger partial charge is 0.322 e. The van der Waals surface area contributed by atoms with E-state index in [2.05, 4.69) is 5.32 Å². The van der Waals surface area contributed by atoms with E-state index in [9.17, 15) is 14.4 Å². The summed E-state index contributed by atoms with van der Waals surface area (Å²) in [7, 11) is 0. The summed E-state index contributed by atoms with van der Waals surface area (Å²) in [6, 6.07) is 17.6. The van der Waals surface area contributed by atoms with Crippen LogP contribution in [0.15, 0.2) is 60.7 Å². The SMILES string of the molecule is Cc1ccc(N2C(=O)c3ccc(C(=O)Nc4c(C)cccc4C)cc3C2=O)cc1. The number of aryl methyl sites for hydroxylation is 3. The minimum absolute atomic E-state index is 0.240. The van der Waals surface area contributed by atoms with Crippen LogP contribution in [0.25, 0.3) is 0 Å². The maximum absolute atomic E-state index is 12.9. The Kier molecular flexibility index (Phi) is 4.51. The van der Waals surface area contributed by atoms with Gasteiger partial charge in [0, 0.05) is 11.3 Å². The molecule has 5 heteroatoms. The lowest BCUT2D eigenvalue weighted by molar-refractivity contribution is 0.0925. The molecule has 144 valence electrons. The zero-order chi connectivity index (χ0) is 20.7. The zero-order valence-corrected chi connectivity index (χ0v) is 16.4. The molecule has 3 aromatic rings. The number of nitrogens with one attached hydrogen (secondary N) is 1. The number of hydrogen-bond acceptors (Lipinski definition) is 3. The second-order valence-electron chi connectivity index (χ2n) is 7.26. The molecule has 3 amide bonds. The van der Waals surface area contributed by atoms with Crippen molar-refractivity contribution >= 4 is 29.1 Å². The molecule has 4 rings (SSSR count). The van der Waals surface area contributed by atoms with Crippen LogP contribution in [-0.4, -0.2) is 17.7 Å². The number of benzene rings is 3. The van der Waals surface area contributed by atoms with Crippen molar-refractivity contribution in [1.29, 1.82) is 0 Å². The lowest BCUT2D eigenvalue weighted by Crippen LogP contribution is -2.29. The molecule has 29 heavy (non-hydrogen) atoms. The van der Waals surface area contributed by atoms with E-state index in [-0.39, 0.29) is 17.4 Å². The van der Waals surface area contributed by atoms with Gasteiger partial charge in [-0.1, -0.05) is 35.9 Å². The quantitative estimate of drug-likeness (QED) is 0.668. The molecule has 0 saturated heterocycles. The van der Waals surface area contributed by atoms with E-state index in [1.165, 1.54) is 6.07 Å². The van der Waals surface area contributed by atoms with Crippen molar-refractivity contribution in [3.05, 3.63) is 94.0 Å². The van der Waals surface area contributed by atoms with Crippen molar-refractivity contribution in [1.82, 2.24) is 0 Å². The lowest BCUT2D eigenvalue weighted by Gasteiger charge is -2.13. The molecular weight excluding hydrogens is 364 g/mol. The first-order chi connectivity index (χ1) is 13.9. The first-order valence-corrected chi connectivity index (χ1v) is 9.34. The molecular formula is C24H20N2O3. The van der Waals surface area contributed by atoms with Crippen LogP contribution in [0.2, 0.25) is 0 Å². The molecule has 0 bridgehead atoms. The third-order valence-electron chi connectivity index (χ3n) is 5.16. The number of nitrogens with zero attached hydrogens (tertiary/aromatic N) is 1. The van der Waals surface area contributed by atoms with Gasteiger partial charge in [-0.15, -0.1) is 0 Å². The number of hydrogen-bond donors (Lipinski definition) is 1. The Morgan fingerprint density at radius 3 is 2.07 bits per heavy atom. The highest BCUT2D eigenvalue weighted by atomic mass is 16.2. The second-order valence-corrected chi connectivity index (χ2v) is 7.26. The molecule has 0 unspecified atom stereocenters. The Morgan fingerprint density at radius 1 is 0.793 bits per heavy atom. The average Bonchev–Trinajstić information content (AvgIpc) is 2.95. The van der Waals surface area contributed by atoms with Crippen molar-refractivity contribution in [2.75, 3.05) is 10.2 Å². The first-order valence-electron chi connectivity index (χ1n) is 9.34. The maximum Gasteiger partial charge on any atom is 0.266 e. The van der Waals surface area contributed by atoms with E-state index in [4.69, 9.17) is 0 Å². The van der Waals surface area contributed by atoms with E-state index in [1.807, 2.05) is 51.1 Å². The third kappa shape index (κ3) is 3.21. The minimum Gasteiger partial charge on any atom is -0.322 e. The van der Waals surface area contributed by atoms with Crippen molar-refractivity contribution < 1.29 is 14.4 Å². The molecule has 0 aliphatic carbocycles. The molecule has 0 atom stereocenters. The summed E-state index contributed by atoms with van der Waals surface area (Å²) in [5.74, 6) is -1.12. The summed E-state index contributed by atoms with van der Waals surface area (Å²) < 4.78 is 0. The van der Waals surface area contributed by atoms with E-state index >= 15 is 0 Å². The Hall–Kier alpha value is -3.73. The van der Waals surface area contributed by atoms with E-state index in [0.29, 0.717) is 16.8 Å². The minimum atomic E-state index is -0.421. The maximum atomic E-state index is 12.9. The standard InChI is InChI=1S/C24H20N2O3/c1-14-7-10-18(11-8-14)26-23(28)19-12-9-17(13-20(19)24(26)29)22(27)25-21-15(2)5-4-6-16(21)3/h4-13H,1-3H3,(H,25,27). The molecule has 0 saturated carbocycles. The van der Waals surface area contributed by atoms with Gasteiger partial charge in [0.25, 0.3) is 17.7 Å². The average molecular weight is 384 g/mol. The van der Waals surface area contributed by atoms with Gasteiger partial charge in [-0.3, -0.25) is 14.4 Å². The van der Waals surface area contributed by atoms with Crippen LogP contribution < -0.4 is 10.2 Å². The van der Waals surface area contributed by atoms with Gasteiger partial charge in [0.2, 0.25) is 0 Å². The zero-order valence-electron chi connectivity index (χ0n) is 16.4. The van der Waals surface area contributed by atoms with Crippen molar-refractivity contribution in [3.63, 3.8) is 0 Å². The van der Waals surface area contributed by atoms with Crippen LogP contribution in [0.5, 0.6) is 0 Å². The third-order valence-corrected chi connectivity index (χ3v) is 5.16. The number of anilines is 2. The van der Waals surface area contributed by atoms with Crippen LogP contribution in [0.1, 0.15) is 47.8 Å².